The van der Waals surface area contributed by atoms with Gasteiger partial charge in [-0.25, -0.2) is 0 Å². The fourth-order valence-corrected chi connectivity index (χ4v) is 4.82. The van der Waals surface area contributed by atoms with Crippen molar-refractivity contribution in [1.29, 1.82) is 0 Å². The van der Waals surface area contributed by atoms with Gasteiger partial charge in [0.05, 0.1) is 18.6 Å². The summed E-state index contributed by atoms with van der Waals surface area (Å²) < 4.78 is 10.9. The molecule has 2 aliphatic rings. The van der Waals surface area contributed by atoms with Crippen molar-refractivity contribution in [3.63, 3.8) is 0 Å². The quantitative estimate of drug-likeness (QED) is 0.739. The average molecular weight is 423 g/mol. The molecule has 5 heteroatoms. The van der Waals surface area contributed by atoms with Gasteiger partial charge in [0.25, 0.3) is 0 Å². The Morgan fingerprint density at radius 3 is 2.26 bits per heavy atom. The summed E-state index contributed by atoms with van der Waals surface area (Å²) in [6.45, 7) is 5.53. The Hall–Kier alpha value is -2.53. The molecule has 2 heterocycles. The highest BCUT2D eigenvalue weighted by atomic mass is 16.5. The number of hydrogen-bond donors (Lipinski definition) is 1. The summed E-state index contributed by atoms with van der Waals surface area (Å²) in [5, 5.41) is 3.29. The molecule has 2 aliphatic heterocycles. The number of ether oxygens (including phenoxy) is 2. The molecule has 1 N–H and O–H groups in total. The zero-order chi connectivity index (χ0) is 21.7. The van der Waals surface area contributed by atoms with Crippen LogP contribution in [0.2, 0.25) is 0 Å². The van der Waals surface area contributed by atoms with Crippen LogP contribution in [0.15, 0.2) is 48.5 Å². The minimum Gasteiger partial charge on any atom is -0.497 e. The molecule has 2 aromatic rings. The Morgan fingerprint density at radius 2 is 1.65 bits per heavy atom. The molecule has 5 nitrogen and oxygen atoms in total. The molecule has 1 unspecified atom stereocenters. The molecular formula is C26H34N2O3. The minimum atomic E-state index is -0.563. The van der Waals surface area contributed by atoms with Crippen molar-refractivity contribution in [2.24, 2.45) is 0 Å². The summed E-state index contributed by atoms with van der Waals surface area (Å²) >= 11 is 0. The standard InChI is InChI=1S/C26H34N2O3/c1-20(21-6-10-23(11-7-21)28-16-4-3-5-17-28)27-25(29)26(14-18-31-19-15-26)22-8-12-24(30-2)13-9-22/h6-13,20H,3-5,14-19H2,1-2H3,(H,27,29). The Morgan fingerprint density at radius 1 is 1.00 bits per heavy atom. The second-order valence-electron chi connectivity index (χ2n) is 8.76. The van der Waals surface area contributed by atoms with E-state index in [9.17, 15) is 4.79 Å². The van der Waals surface area contributed by atoms with Gasteiger partial charge in [-0.15, -0.1) is 0 Å². The molecule has 2 fully saturated rings. The van der Waals surface area contributed by atoms with Crippen LogP contribution in [-0.2, 0) is 14.9 Å². The number of amides is 1. The first-order valence-corrected chi connectivity index (χ1v) is 11.5. The number of anilines is 1. The molecule has 0 aliphatic carbocycles. The smallest absolute Gasteiger partial charge is 0.231 e. The first-order chi connectivity index (χ1) is 15.1. The molecule has 0 spiro atoms. The molecular weight excluding hydrogens is 388 g/mol. The van der Waals surface area contributed by atoms with Crippen LogP contribution in [0, 0.1) is 0 Å². The number of methoxy groups -OCH3 is 1. The van der Waals surface area contributed by atoms with Crippen molar-refractivity contribution in [2.45, 2.75) is 50.5 Å². The fraction of sp³-hybridized carbons (Fsp3) is 0.500. The molecule has 2 saturated heterocycles. The maximum atomic E-state index is 13.6. The van der Waals surface area contributed by atoms with Crippen molar-refractivity contribution in [3.05, 3.63) is 59.7 Å². The number of hydrogen-bond acceptors (Lipinski definition) is 4. The Bertz CT molecular complexity index is 851. The third-order valence-corrected chi connectivity index (χ3v) is 6.89. The van der Waals surface area contributed by atoms with Crippen molar-refractivity contribution in [3.8, 4) is 5.75 Å². The van der Waals surface area contributed by atoms with Gasteiger partial charge in [0, 0.05) is 32.0 Å². The van der Waals surface area contributed by atoms with E-state index in [1.807, 2.05) is 24.3 Å². The van der Waals surface area contributed by atoms with Gasteiger partial charge in [0.2, 0.25) is 5.91 Å². The maximum Gasteiger partial charge on any atom is 0.231 e. The summed E-state index contributed by atoms with van der Waals surface area (Å²) in [4.78, 5) is 16.0. The van der Waals surface area contributed by atoms with Gasteiger partial charge >= 0.3 is 0 Å². The lowest BCUT2D eigenvalue weighted by Crippen LogP contribution is -2.48. The number of carbonyl (C=O) groups excluding carboxylic acids is 1. The van der Waals surface area contributed by atoms with Gasteiger partial charge in [-0.3, -0.25) is 4.79 Å². The molecule has 1 atom stereocenters. The molecule has 0 bridgehead atoms. The average Bonchev–Trinajstić information content (AvgIpc) is 2.85. The molecule has 0 aromatic heterocycles. The van der Waals surface area contributed by atoms with Gasteiger partial charge in [-0.2, -0.15) is 0 Å². The maximum absolute atomic E-state index is 13.6. The highest BCUT2D eigenvalue weighted by Gasteiger charge is 2.42. The van der Waals surface area contributed by atoms with E-state index >= 15 is 0 Å². The summed E-state index contributed by atoms with van der Waals surface area (Å²) in [5.74, 6) is 0.877. The fourth-order valence-electron chi connectivity index (χ4n) is 4.82. The van der Waals surface area contributed by atoms with E-state index in [1.54, 1.807) is 7.11 Å². The van der Waals surface area contributed by atoms with Gasteiger partial charge in [-0.1, -0.05) is 24.3 Å². The molecule has 166 valence electrons. The summed E-state index contributed by atoms with van der Waals surface area (Å²) in [5.41, 5.74) is 2.88. The molecule has 1 amide bonds. The van der Waals surface area contributed by atoms with E-state index in [-0.39, 0.29) is 11.9 Å². The van der Waals surface area contributed by atoms with Crippen LogP contribution in [0.3, 0.4) is 0 Å². The predicted molar refractivity (Wildman–Crippen MR) is 124 cm³/mol. The van der Waals surface area contributed by atoms with E-state index in [0.29, 0.717) is 26.1 Å². The van der Waals surface area contributed by atoms with Crippen LogP contribution >= 0.6 is 0 Å². The summed E-state index contributed by atoms with van der Waals surface area (Å²) in [6, 6.07) is 16.5. The normalized spacial score (nSPS) is 19.5. The van der Waals surface area contributed by atoms with Gasteiger partial charge in [-0.05, 0) is 74.4 Å². The second-order valence-corrected chi connectivity index (χ2v) is 8.76. The highest BCUT2D eigenvalue weighted by Crippen LogP contribution is 2.36. The second kappa shape index (κ2) is 9.73. The molecule has 31 heavy (non-hydrogen) atoms. The van der Waals surface area contributed by atoms with E-state index in [1.165, 1.54) is 24.9 Å². The first kappa shape index (κ1) is 21.7. The van der Waals surface area contributed by atoms with Crippen molar-refractivity contribution < 1.29 is 14.3 Å². The number of nitrogens with zero attached hydrogens (tertiary/aromatic N) is 1. The number of carbonyl (C=O) groups is 1. The number of benzene rings is 2. The summed E-state index contributed by atoms with van der Waals surface area (Å²) in [7, 11) is 1.66. The lowest BCUT2D eigenvalue weighted by atomic mass is 9.73. The monoisotopic (exact) mass is 422 g/mol. The van der Waals surface area contributed by atoms with Gasteiger partial charge < -0.3 is 19.7 Å². The Balaban J connectivity index is 1.48. The zero-order valence-electron chi connectivity index (χ0n) is 18.7. The number of nitrogens with one attached hydrogen (secondary N) is 1. The van der Waals surface area contributed by atoms with E-state index < -0.39 is 5.41 Å². The first-order valence-electron chi connectivity index (χ1n) is 11.5. The van der Waals surface area contributed by atoms with E-state index in [0.717, 1.165) is 30.0 Å². The lowest BCUT2D eigenvalue weighted by molar-refractivity contribution is -0.131. The van der Waals surface area contributed by atoms with Crippen LogP contribution in [0.4, 0.5) is 5.69 Å². The predicted octanol–water partition coefficient (Wildman–Crippen LogP) is 4.61. The third-order valence-electron chi connectivity index (χ3n) is 6.89. The van der Waals surface area contributed by atoms with Crippen LogP contribution in [0.5, 0.6) is 5.75 Å². The topological polar surface area (TPSA) is 50.8 Å². The minimum absolute atomic E-state index is 0.0547. The van der Waals surface area contributed by atoms with E-state index in [2.05, 4.69) is 41.4 Å². The van der Waals surface area contributed by atoms with E-state index in [4.69, 9.17) is 9.47 Å². The van der Waals surface area contributed by atoms with Crippen molar-refractivity contribution >= 4 is 11.6 Å². The largest absolute Gasteiger partial charge is 0.497 e. The highest BCUT2D eigenvalue weighted by molar-refractivity contribution is 5.88. The van der Waals surface area contributed by atoms with Crippen LogP contribution in [0.25, 0.3) is 0 Å². The SMILES string of the molecule is COc1ccc(C2(C(=O)NC(C)c3ccc(N4CCCCC4)cc3)CCOCC2)cc1. The molecule has 2 aromatic carbocycles. The van der Waals surface area contributed by atoms with Crippen molar-refractivity contribution in [1.82, 2.24) is 5.32 Å². The molecule has 0 saturated carbocycles. The lowest BCUT2D eigenvalue weighted by Gasteiger charge is -2.37. The Labute approximate surface area is 185 Å². The third kappa shape index (κ3) is 4.72. The zero-order valence-corrected chi connectivity index (χ0v) is 18.7. The van der Waals surface area contributed by atoms with Crippen LogP contribution < -0.4 is 15.0 Å². The molecule has 4 rings (SSSR count). The number of rotatable bonds is 6. The van der Waals surface area contributed by atoms with Crippen LogP contribution in [-0.4, -0.2) is 39.3 Å². The van der Waals surface area contributed by atoms with Gasteiger partial charge in [0.1, 0.15) is 5.75 Å². The number of piperidine rings is 1. The summed E-state index contributed by atoms with van der Waals surface area (Å²) in [6.07, 6.45) is 5.24. The molecule has 0 radical (unpaired) electrons. The van der Waals surface area contributed by atoms with Gasteiger partial charge in [0.15, 0.2) is 0 Å². The Kier molecular flexibility index (Phi) is 6.81. The van der Waals surface area contributed by atoms with Crippen LogP contribution in [0.1, 0.15) is 56.2 Å². The van der Waals surface area contributed by atoms with Crippen molar-refractivity contribution in [2.75, 3.05) is 38.3 Å².